The Labute approximate surface area is 128 Å². The van der Waals surface area contributed by atoms with Crippen LogP contribution in [0.4, 0.5) is 0 Å². The topological polar surface area (TPSA) is 60.9 Å². The Balaban J connectivity index is 2.77. The minimum absolute atomic E-state index is 0.0289. The summed E-state index contributed by atoms with van der Waals surface area (Å²) in [4.78, 5) is 2.29. The fourth-order valence-corrected chi connectivity index (χ4v) is 2.43. The van der Waals surface area contributed by atoms with E-state index in [1.165, 1.54) is 0 Å². The molecule has 0 saturated carbocycles. The Bertz CT molecular complexity index is 369. The third-order valence-electron chi connectivity index (χ3n) is 3.40. The highest BCUT2D eigenvalue weighted by Crippen LogP contribution is 2.25. The van der Waals surface area contributed by atoms with Gasteiger partial charge in [-0.2, -0.15) is 0 Å². The average Bonchev–Trinajstić information content (AvgIpc) is 2.85. The highest BCUT2D eigenvalue weighted by Gasteiger charge is 2.26. The summed E-state index contributed by atoms with van der Waals surface area (Å²) >= 11 is 0. The molecule has 0 aliphatic carbocycles. The lowest BCUT2D eigenvalue weighted by Gasteiger charge is -2.32. The van der Waals surface area contributed by atoms with Crippen molar-refractivity contribution in [3.63, 3.8) is 0 Å². The van der Waals surface area contributed by atoms with Gasteiger partial charge in [-0.25, -0.2) is 0 Å². The zero-order chi connectivity index (χ0) is 15.7. The third kappa shape index (κ3) is 6.18. The van der Waals surface area contributed by atoms with Crippen LogP contribution < -0.4 is 5.73 Å². The maximum Gasteiger partial charge on any atom is 0.122 e. The average molecular weight is 298 g/mol. The molecule has 21 heavy (non-hydrogen) atoms. The van der Waals surface area contributed by atoms with Crippen LogP contribution in [0.2, 0.25) is 0 Å². The SMILES string of the molecule is CCOCCN(CCOCC)C(c1ccc(C)o1)C(C)N. The standard InChI is InChI=1S/C16H30N2O3/c1-5-19-11-9-18(10-12-20-6-2)16(14(4)17)15-8-7-13(3)21-15/h7-8,14,16H,5-6,9-12,17H2,1-4H3. The fraction of sp³-hybridized carbons (Fsp3) is 0.750. The maximum atomic E-state index is 6.20. The molecule has 1 heterocycles. The minimum Gasteiger partial charge on any atom is -0.465 e. The molecule has 2 atom stereocenters. The van der Waals surface area contributed by atoms with E-state index in [0.29, 0.717) is 13.2 Å². The van der Waals surface area contributed by atoms with Crippen molar-refractivity contribution in [2.45, 2.75) is 39.8 Å². The smallest absolute Gasteiger partial charge is 0.122 e. The molecule has 0 bridgehead atoms. The number of nitrogens with zero attached hydrogens (tertiary/aromatic N) is 1. The Morgan fingerprint density at radius 2 is 1.71 bits per heavy atom. The quantitative estimate of drug-likeness (QED) is 0.635. The second kappa shape index (κ2) is 9.95. The van der Waals surface area contributed by atoms with Crippen LogP contribution in [-0.4, -0.2) is 50.5 Å². The Morgan fingerprint density at radius 1 is 1.14 bits per heavy atom. The molecular formula is C16H30N2O3. The van der Waals surface area contributed by atoms with Crippen LogP contribution in [0.5, 0.6) is 0 Å². The van der Waals surface area contributed by atoms with E-state index in [2.05, 4.69) is 4.90 Å². The third-order valence-corrected chi connectivity index (χ3v) is 3.40. The van der Waals surface area contributed by atoms with Crippen molar-refractivity contribution in [1.82, 2.24) is 4.90 Å². The molecule has 0 aromatic carbocycles. The van der Waals surface area contributed by atoms with Gasteiger partial charge in [-0.1, -0.05) is 0 Å². The number of ether oxygens (including phenoxy) is 2. The van der Waals surface area contributed by atoms with Crippen molar-refractivity contribution in [3.8, 4) is 0 Å². The molecule has 0 aliphatic rings. The first kappa shape index (κ1) is 18.2. The van der Waals surface area contributed by atoms with E-state index in [-0.39, 0.29) is 12.1 Å². The summed E-state index contributed by atoms with van der Waals surface area (Å²) < 4.78 is 16.8. The lowest BCUT2D eigenvalue weighted by molar-refractivity contribution is 0.0514. The summed E-state index contributed by atoms with van der Waals surface area (Å²) in [7, 11) is 0. The summed E-state index contributed by atoms with van der Waals surface area (Å²) in [6, 6.07) is 4.00. The van der Waals surface area contributed by atoms with Crippen LogP contribution in [0.15, 0.2) is 16.5 Å². The molecule has 2 unspecified atom stereocenters. The zero-order valence-electron chi connectivity index (χ0n) is 13.8. The summed E-state index contributed by atoms with van der Waals surface area (Å²) in [5.74, 6) is 1.82. The van der Waals surface area contributed by atoms with Crippen LogP contribution in [0.25, 0.3) is 0 Å². The van der Waals surface area contributed by atoms with Gasteiger partial charge in [0.25, 0.3) is 0 Å². The summed E-state index contributed by atoms with van der Waals surface area (Å²) in [6.45, 7) is 12.4. The maximum absolute atomic E-state index is 6.20. The van der Waals surface area contributed by atoms with Gasteiger partial charge in [-0.15, -0.1) is 0 Å². The number of hydrogen-bond acceptors (Lipinski definition) is 5. The summed E-state index contributed by atoms with van der Waals surface area (Å²) in [6.07, 6.45) is 0. The van der Waals surface area contributed by atoms with Gasteiger partial charge in [0.05, 0.1) is 19.3 Å². The molecule has 1 aromatic heterocycles. The Kier molecular flexibility index (Phi) is 8.61. The molecule has 0 radical (unpaired) electrons. The van der Waals surface area contributed by atoms with E-state index in [0.717, 1.165) is 37.8 Å². The van der Waals surface area contributed by atoms with E-state index < -0.39 is 0 Å². The van der Waals surface area contributed by atoms with Gasteiger partial charge in [-0.3, -0.25) is 4.90 Å². The predicted octanol–water partition coefficient (Wildman–Crippen LogP) is 2.35. The van der Waals surface area contributed by atoms with Crippen molar-refractivity contribution >= 4 is 0 Å². The lowest BCUT2D eigenvalue weighted by Crippen LogP contribution is -2.42. The normalized spacial score (nSPS) is 14.6. The second-order valence-electron chi connectivity index (χ2n) is 5.18. The van der Waals surface area contributed by atoms with Crippen molar-refractivity contribution in [2.24, 2.45) is 5.73 Å². The molecule has 1 rings (SSSR count). The van der Waals surface area contributed by atoms with Gasteiger partial charge in [0.2, 0.25) is 0 Å². The van der Waals surface area contributed by atoms with Gasteiger partial charge < -0.3 is 19.6 Å². The Morgan fingerprint density at radius 3 is 2.10 bits per heavy atom. The van der Waals surface area contributed by atoms with Gasteiger partial charge in [0.1, 0.15) is 11.5 Å². The number of nitrogens with two attached hydrogens (primary N) is 1. The molecule has 0 saturated heterocycles. The predicted molar refractivity (Wildman–Crippen MR) is 84.4 cm³/mol. The van der Waals surface area contributed by atoms with E-state index >= 15 is 0 Å². The first-order chi connectivity index (χ1) is 10.1. The largest absolute Gasteiger partial charge is 0.465 e. The molecule has 0 amide bonds. The van der Waals surface area contributed by atoms with E-state index in [1.54, 1.807) is 0 Å². The van der Waals surface area contributed by atoms with E-state index in [4.69, 9.17) is 19.6 Å². The molecule has 5 heteroatoms. The molecule has 0 fully saturated rings. The van der Waals surface area contributed by atoms with Gasteiger partial charge in [0, 0.05) is 32.3 Å². The van der Waals surface area contributed by atoms with Gasteiger partial charge in [0.15, 0.2) is 0 Å². The van der Waals surface area contributed by atoms with Gasteiger partial charge in [-0.05, 0) is 39.8 Å². The van der Waals surface area contributed by atoms with E-state index in [9.17, 15) is 0 Å². The van der Waals surface area contributed by atoms with Crippen molar-refractivity contribution in [1.29, 1.82) is 0 Å². The van der Waals surface area contributed by atoms with Crippen LogP contribution in [0.3, 0.4) is 0 Å². The van der Waals surface area contributed by atoms with Crippen molar-refractivity contribution in [3.05, 3.63) is 23.7 Å². The molecule has 0 spiro atoms. The first-order valence-corrected chi connectivity index (χ1v) is 7.81. The second-order valence-corrected chi connectivity index (χ2v) is 5.18. The van der Waals surface area contributed by atoms with Crippen molar-refractivity contribution in [2.75, 3.05) is 39.5 Å². The zero-order valence-corrected chi connectivity index (χ0v) is 13.8. The fourth-order valence-electron chi connectivity index (χ4n) is 2.43. The lowest BCUT2D eigenvalue weighted by atomic mass is 10.1. The molecule has 5 nitrogen and oxygen atoms in total. The highest BCUT2D eigenvalue weighted by molar-refractivity contribution is 5.12. The number of furan rings is 1. The number of rotatable bonds is 11. The van der Waals surface area contributed by atoms with Crippen LogP contribution in [0.1, 0.15) is 38.3 Å². The molecule has 0 aliphatic heterocycles. The highest BCUT2D eigenvalue weighted by atomic mass is 16.5. The summed E-state index contributed by atoms with van der Waals surface area (Å²) in [5, 5.41) is 0. The molecule has 122 valence electrons. The van der Waals surface area contributed by atoms with Crippen LogP contribution in [0, 0.1) is 6.92 Å². The summed E-state index contributed by atoms with van der Waals surface area (Å²) in [5.41, 5.74) is 6.20. The first-order valence-electron chi connectivity index (χ1n) is 7.81. The molecule has 1 aromatic rings. The van der Waals surface area contributed by atoms with Crippen molar-refractivity contribution < 1.29 is 13.9 Å². The molecule has 2 N–H and O–H groups in total. The number of aryl methyl sites for hydroxylation is 1. The molecular weight excluding hydrogens is 268 g/mol. The Hall–Kier alpha value is -0.880. The van der Waals surface area contributed by atoms with E-state index in [1.807, 2.05) is 39.8 Å². The number of hydrogen-bond donors (Lipinski definition) is 1. The van der Waals surface area contributed by atoms with Crippen LogP contribution in [-0.2, 0) is 9.47 Å². The minimum atomic E-state index is -0.0289. The van der Waals surface area contributed by atoms with Gasteiger partial charge >= 0.3 is 0 Å². The monoisotopic (exact) mass is 298 g/mol. The van der Waals surface area contributed by atoms with Crippen LogP contribution >= 0.6 is 0 Å².